The maximum absolute atomic E-state index is 12.8. The monoisotopic (exact) mass is 279 g/mol. The van der Waals surface area contributed by atoms with Crippen LogP contribution in [0.5, 0.6) is 0 Å². The Bertz CT molecular complexity index is 504. The summed E-state index contributed by atoms with van der Waals surface area (Å²) < 4.78 is 12.8. The van der Waals surface area contributed by atoms with Crippen molar-refractivity contribution < 1.29 is 14.0 Å². The van der Waals surface area contributed by atoms with Crippen molar-refractivity contribution in [2.75, 3.05) is 26.7 Å². The van der Waals surface area contributed by atoms with Gasteiger partial charge in [-0.15, -0.1) is 0 Å². The number of nitrogens with two attached hydrogens (primary N) is 1. The number of nitrogens with zero attached hydrogens (tertiary/aromatic N) is 2. The summed E-state index contributed by atoms with van der Waals surface area (Å²) in [6.45, 7) is 1.49. The summed E-state index contributed by atoms with van der Waals surface area (Å²) in [5.41, 5.74) is 6.08. The van der Waals surface area contributed by atoms with Crippen molar-refractivity contribution in [1.29, 1.82) is 0 Å². The SMILES string of the molecule is CN1CCN(C(=O)Cc2ccc(F)cc2)C[C@@H]1C(N)=O. The summed E-state index contributed by atoms with van der Waals surface area (Å²) in [6.07, 6.45) is 0.204. The zero-order valence-electron chi connectivity index (χ0n) is 11.4. The van der Waals surface area contributed by atoms with E-state index in [4.69, 9.17) is 5.73 Å². The van der Waals surface area contributed by atoms with Crippen LogP contribution in [-0.2, 0) is 16.0 Å². The molecule has 0 spiro atoms. The number of likely N-dealkylation sites (N-methyl/N-ethyl adjacent to an activating group) is 1. The highest BCUT2D eigenvalue weighted by molar-refractivity contribution is 5.83. The number of piperazine rings is 1. The average molecular weight is 279 g/mol. The molecule has 1 aliphatic rings. The summed E-state index contributed by atoms with van der Waals surface area (Å²) in [5.74, 6) is -0.822. The summed E-state index contributed by atoms with van der Waals surface area (Å²) in [4.78, 5) is 27.0. The van der Waals surface area contributed by atoms with E-state index < -0.39 is 11.9 Å². The number of halogens is 1. The molecule has 1 fully saturated rings. The third-order valence-corrected chi connectivity index (χ3v) is 3.60. The minimum Gasteiger partial charge on any atom is -0.368 e. The maximum Gasteiger partial charge on any atom is 0.236 e. The van der Waals surface area contributed by atoms with Crippen LogP contribution in [0.1, 0.15) is 5.56 Å². The van der Waals surface area contributed by atoms with Gasteiger partial charge in [-0.2, -0.15) is 0 Å². The molecular weight excluding hydrogens is 261 g/mol. The number of carbonyl (C=O) groups excluding carboxylic acids is 2. The molecule has 0 bridgehead atoms. The Kier molecular flexibility index (Phi) is 4.34. The third kappa shape index (κ3) is 3.33. The van der Waals surface area contributed by atoms with Gasteiger partial charge in [0.25, 0.3) is 0 Å². The molecule has 108 valence electrons. The fourth-order valence-electron chi connectivity index (χ4n) is 2.30. The van der Waals surface area contributed by atoms with Gasteiger partial charge in [-0.3, -0.25) is 14.5 Å². The molecule has 0 radical (unpaired) electrons. The zero-order chi connectivity index (χ0) is 14.7. The molecule has 0 saturated carbocycles. The number of rotatable bonds is 3. The van der Waals surface area contributed by atoms with Crippen molar-refractivity contribution in [1.82, 2.24) is 9.80 Å². The molecule has 1 aromatic rings. The molecule has 1 saturated heterocycles. The summed E-state index contributed by atoms with van der Waals surface area (Å²) in [7, 11) is 1.82. The Labute approximate surface area is 117 Å². The molecule has 2 rings (SSSR count). The van der Waals surface area contributed by atoms with Crippen LogP contribution in [0.3, 0.4) is 0 Å². The van der Waals surface area contributed by atoms with Gasteiger partial charge in [-0.1, -0.05) is 12.1 Å². The van der Waals surface area contributed by atoms with Crippen LogP contribution in [0.2, 0.25) is 0 Å². The number of hydrogen-bond donors (Lipinski definition) is 1. The molecule has 2 amide bonds. The fraction of sp³-hybridized carbons (Fsp3) is 0.429. The first-order valence-electron chi connectivity index (χ1n) is 6.49. The molecule has 0 unspecified atom stereocenters. The van der Waals surface area contributed by atoms with Gasteiger partial charge in [0.15, 0.2) is 0 Å². The Morgan fingerprint density at radius 1 is 1.30 bits per heavy atom. The molecule has 1 aromatic carbocycles. The lowest BCUT2D eigenvalue weighted by Gasteiger charge is -2.37. The van der Waals surface area contributed by atoms with Crippen LogP contribution < -0.4 is 5.73 Å². The van der Waals surface area contributed by atoms with E-state index in [-0.39, 0.29) is 18.1 Å². The van der Waals surface area contributed by atoms with Crippen molar-refractivity contribution >= 4 is 11.8 Å². The minimum absolute atomic E-state index is 0.0732. The van der Waals surface area contributed by atoms with Crippen molar-refractivity contribution in [2.45, 2.75) is 12.5 Å². The average Bonchev–Trinajstić information content (AvgIpc) is 2.41. The largest absolute Gasteiger partial charge is 0.368 e. The summed E-state index contributed by atoms with van der Waals surface area (Å²) in [6, 6.07) is 5.40. The van der Waals surface area contributed by atoms with E-state index in [2.05, 4.69) is 0 Å². The second-order valence-corrected chi connectivity index (χ2v) is 5.04. The highest BCUT2D eigenvalue weighted by Gasteiger charge is 2.30. The molecule has 1 atom stereocenters. The van der Waals surface area contributed by atoms with Gasteiger partial charge in [-0.05, 0) is 24.7 Å². The summed E-state index contributed by atoms with van der Waals surface area (Å²) >= 11 is 0. The first-order chi connectivity index (χ1) is 9.47. The Balaban J connectivity index is 1.99. The topological polar surface area (TPSA) is 66.6 Å². The Morgan fingerprint density at radius 3 is 2.55 bits per heavy atom. The van der Waals surface area contributed by atoms with Crippen molar-refractivity contribution in [3.8, 4) is 0 Å². The van der Waals surface area contributed by atoms with E-state index in [1.54, 1.807) is 17.0 Å². The third-order valence-electron chi connectivity index (χ3n) is 3.60. The van der Waals surface area contributed by atoms with Crippen molar-refractivity contribution in [3.05, 3.63) is 35.6 Å². The molecule has 1 heterocycles. The molecule has 5 nitrogen and oxygen atoms in total. The van der Waals surface area contributed by atoms with Crippen LogP contribution in [0, 0.1) is 5.82 Å². The van der Waals surface area contributed by atoms with E-state index in [1.165, 1.54) is 12.1 Å². The molecular formula is C14H18FN3O2. The maximum atomic E-state index is 12.8. The van der Waals surface area contributed by atoms with Gasteiger partial charge in [0, 0.05) is 19.6 Å². The smallest absolute Gasteiger partial charge is 0.236 e. The Hall–Kier alpha value is -1.95. The number of hydrogen-bond acceptors (Lipinski definition) is 3. The highest BCUT2D eigenvalue weighted by atomic mass is 19.1. The first-order valence-corrected chi connectivity index (χ1v) is 6.49. The van der Waals surface area contributed by atoms with Gasteiger partial charge in [0.1, 0.15) is 11.9 Å². The van der Waals surface area contributed by atoms with E-state index in [1.807, 2.05) is 11.9 Å². The van der Waals surface area contributed by atoms with Crippen LogP contribution >= 0.6 is 0 Å². The normalized spacial score (nSPS) is 19.9. The lowest BCUT2D eigenvalue weighted by molar-refractivity contribution is -0.135. The van der Waals surface area contributed by atoms with Crippen LogP contribution in [0.4, 0.5) is 4.39 Å². The van der Waals surface area contributed by atoms with Gasteiger partial charge in [0.2, 0.25) is 11.8 Å². The van der Waals surface area contributed by atoms with Gasteiger partial charge < -0.3 is 10.6 Å². The fourth-order valence-corrected chi connectivity index (χ4v) is 2.30. The second-order valence-electron chi connectivity index (χ2n) is 5.04. The minimum atomic E-state index is -0.444. The van der Waals surface area contributed by atoms with E-state index in [0.29, 0.717) is 19.6 Å². The standard InChI is InChI=1S/C14H18FN3O2/c1-17-6-7-18(9-12(17)14(16)20)13(19)8-10-2-4-11(15)5-3-10/h2-5,12H,6-9H2,1H3,(H2,16,20)/t12-/m1/s1. The van der Waals surface area contributed by atoms with Crippen LogP contribution in [0.15, 0.2) is 24.3 Å². The molecule has 0 aromatic heterocycles. The molecule has 1 aliphatic heterocycles. The summed E-state index contributed by atoms with van der Waals surface area (Å²) in [5, 5.41) is 0. The molecule has 0 aliphatic carbocycles. The zero-order valence-corrected chi connectivity index (χ0v) is 11.4. The van der Waals surface area contributed by atoms with Crippen LogP contribution in [-0.4, -0.2) is 54.3 Å². The molecule has 6 heteroatoms. The van der Waals surface area contributed by atoms with E-state index in [9.17, 15) is 14.0 Å². The first kappa shape index (κ1) is 14.5. The second kappa shape index (κ2) is 6.00. The van der Waals surface area contributed by atoms with Gasteiger partial charge >= 0.3 is 0 Å². The predicted molar refractivity (Wildman–Crippen MR) is 72.3 cm³/mol. The van der Waals surface area contributed by atoms with Crippen molar-refractivity contribution in [2.24, 2.45) is 5.73 Å². The quantitative estimate of drug-likeness (QED) is 0.846. The number of carbonyl (C=O) groups is 2. The van der Waals surface area contributed by atoms with Crippen LogP contribution in [0.25, 0.3) is 0 Å². The molecule has 2 N–H and O–H groups in total. The predicted octanol–water partition coefficient (Wildman–Crippen LogP) is -0.00390. The van der Waals surface area contributed by atoms with Gasteiger partial charge in [0.05, 0.1) is 6.42 Å². The Morgan fingerprint density at radius 2 is 1.95 bits per heavy atom. The number of primary amides is 1. The lowest BCUT2D eigenvalue weighted by atomic mass is 10.1. The highest BCUT2D eigenvalue weighted by Crippen LogP contribution is 2.11. The number of amides is 2. The molecule has 20 heavy (non-hydrogen) atoms. The van der Waals surface area contributed by atoms with E-state index >= 15 is 0 Å². The van der Waals surface area contributed by atoms with Crippen molar-refractivity contribution in [3.63, 3.8) is 0 Å². The number of benzene rings is 1. The van der Waals surface area contributed by atoms with E-state index in [0.717, 1.165) is 5.56 Å². The lowest BCUT2D eigenvalue weighted by Crippen LogP contribution is -2.58. The van der Waals surface area contributed by atoms with Gasteiger partial charge in [-0.25, -0.2) is 4.39 Å².